The number of hydrogen-bond donors (Lipinski definition) is 3. The minimum absolute atomic E-state index is 0.0989. The van der Waals surface area contributed by atoms with Gasteiger partial charge in [0.25, 0.3) is 15.7 Å². The largest absolute Gasteiger partial charge is 0.318 e. The van der Waals surface area contributed by atoms with E-state index in [2.05, 4.69) is 15.1 Å². The third-order valence-electron chi connectivity index (χ3n) is 2.47. The fourth-order valence-corrected chi connectivity index (χ4v) is 3.50. The molecule has 0 saturated heterocycles. The lowest BCUT2D eigenvalue weighted by atomic mass is 10.3. The fraction of sp³-hybridized carbons (Fsp3) is 0.100. The highest BCUT2D eigenvalue weighted by atomic mass is 32.2. The van der Waals surface area contributed by atoms with E-state index < -0.39 is 14.9 Å². The average Bonchev–Trinajstić information content (AvgIpc) is 2.82. The van der Waals surface area contributed by atoms with E-state index in [0.29, 0.717) is 5.69 Å². The summed E-state index contributed by atoms with van der Waals surface area (Å²) < 4.78 is 26.7. The Labute approximate surface area is 124 Å². The zero-order valence-corrected chi connectivity index (χ0v) is 12.4. The second-order valence-electron chi connectivity index (χ2n) is 3.98. The topological polar surface area (TPSA) is 140 Å². The summed E-state index contributed by atoms with van der Waals surface area (Å²) in [6, 6.07) is 3.28. The number of aromatic nitrogens is 1. The molecule has 0 spiro atoms. The van der Waals surface area contributed by atoms with Crippen LogP contribution in [0.2, 0.25) is 0 Å². The number of nitrogen functional groups attached to an aromatic ring is 1. The molecule has 0 aliphatic heterocycles. The van der Waals surface area contributed by atoms with Crippen molar-refractivity contribution < 1.29 is 13.3 Å². The summed E-state index contributed by atoms with van der Waals surface area (Å²) in [5, 5.41) is 12.7. The minimum Gasteiger partial charge on any atom is -0.318 e. The SMILES string of the molecule is Cc1csc(NS(=O)(=O)c2ccc([N+](=O)[O-])c(NN)c2)n1. The predicted octanol–water partition coefficient (Wildman–Crippen LogP) is 1.45. The van der Waals surface area contributed by atoms with Crippen LogP contribution in [0.3, 0.4) is 0 Å². The van der Waals surface area contributed by atoms with Crippen LogP contribution < -0.4 is 16.0 Å². The first kappa shape index (κ1) is 15.2. The number of sulfonamides is 1. The van der Waals surface area contributed by atoms with Crippen molar-refractivity contribution in [3.05, 3.63) is 39.4 Å². The number of rotatable bonds is 5. The molecule has 9 nitrogen and oxygen atoms in total. The van der Waals surface area contributed by atoms with Gasteiger partial charge < -0.3 is 5.43 Å². The number of nitro groups is 1. The molecular formula is C10H11N5O4S2. The van der Waals surface area contributed by atoms with Gasteiger partial charge >= 0.3 is 0 Å². The predicted molar refractivity (Wildman–Crippen MR) is 78.6 cm³/mol. The van der Waals surface area contributed by atoms with Crippen LogP contribution in [-0.2, 0) is 10.0 Å². The molecule has 0 radical (unpaired) electrons. The zero-order chi connectivity index (χ0) is 15.6. The van der Waals surface area contributed by atoms with Crippen LogP contribution in [0.1, 0.15) is 5.69 Å². The van der Waals surface area contributed by atoms with Gasteiger partial charge in [-0.15, -0.1) is 11.3 Å². The molecular weight excluding hydrogens is 318 g/mol. The highest BCUT2D eigenvalue weighted by Gasteiger charge is 2.21. The van der Waals surface area contributed by atoms with Gasteiger partial charge in [-0.3, -0.25) is 20.7 Å². The maximum Gasteiger partial charge on any atom is 0.293 e. The maximum absolute atomic E-state index is 12.2. The number of nitrogens with zero attached hydrogens (tertiary/aromatic N) is 2. The summed E-state index contributed by atoms with van der Waals surface area (Å²) in [5.41, 5.74) is 2.38. The molecule has 4 N–H and O–H groups in total. The van der Waals surface area contributed by atoms with Crippen LogP contribution in [0.5, 0.6) is 0 Å². The molecule has 1 aromatic carbocycles. The molecule has 0 aliphatic carbocycles. The van der Waals surface area contributed by atoms with Crippen LogP contribution in [0.4, 0.5) is 16.5 Å². The third-order valence-corrected chi connectivity index (χ3v) is 4.81. The van der Waals surface area contributed by atoms with Crippen molar-refractivity contribution >= 4 is 37.9 Å². The third kappa shape index (κ3) is 3.26. The first-order chi connectivity index (χ1) is 9.83. The van der Waals surface area contributed by atoms with Crippen molar-refractivity contribution in [2.45, 2.75) is 11.8 Å². The van der Waals surface area contributed by atoms with E-state index in [-0.39, 0.29) is 21.4 Å². The Morgan fingerprint density at radius 2 is 2.14 bits per heavy atom. The molecule has 0 atom stereocenters. The number of thiazole rings is 1. The van der Waals surface area contributed by atoms with E-state index >= 15 is 0 Å². The number of nitro benzene ring substituents is 1. The van der Waals surface area contributed by atoms with E-state index in [1.807, 2.05) is 0 Å². The van der Waals surface area contributed by atoms with Crippen molar-refractivity contribution in [1.29, 1.82) is 0 Å². The summed E-state index contributed by atoms with van der Waals surface area (Å²) in [4.78, 5) is 13.9. The van der Waals surface area contributed by atoms with Gasteiger partial charge in [-0.05, 0) is 19.1 Å². The molecule has 0 bridgehead atoms. The first-order valence-corrected chi connectivity index (χ1v) is 7.90. The minimum atomic E-state index is -3.90. The molecule has 2 aromatic rings. The zero-order valence-electron chi connectivity index (χ0n) is 10.7. The standard InChI is InChI=1S/C10H11N5O4S2/c1-6-5-20-10(12-6)14-21(18,19)7-2-3-9(15(16)17)8(4-7)13-11/h2-5,13H,11H2,1H3,(H,12,14). The van der Waals surface area contributed by atoms with Crippen LogP contribution in [-0.4, -0.2) is 18.3 Å². The van der Waals surface area contributed by atoms with E-state index in [9.17, 15) is 18.5 Å². The molecule has 0 saturated carbocycles. The van der Waals surface area contributed by atoms with Crippen LogP contribution in [0.25, 0.3) is 0 Å². The smallest absolute Gasteiger partial charge is 0.293 e. The Morgan fingerprint density at radius 3 is 2.67 bits per heavy atom. The van der Waals surface area contributed by atoms with Crippen molar-refractivity contribution in [2.24, 2.45) is 5.84 Å². The van der Waals surface area contributed by atoms with Gasteiger partial charge in [-0.2, -0.15) is 0 Å². The summed E-state index contributed by atoms with van der Waals surface area (Å²) >= 11 is 1.14. The Bertz CT molecular complexity index is 786. The molecule has 0 amide bonds. The molecule has 1 heterocycles. The van der Waals surface area contributed by atoms with Gasteiger partial charge in [0.15, 0.2) is 5.13 Å². The summed E-state index contributed by atoms with van der Waals surface area (Å²) in [6.45, 7) is 1.73. The Morgan fingerprint density at radius 1 is 1.43 bits per heavy atom. The molecule has 0 aliphatic rings. The van der Waals surface area contributed by atoms with Crippen LogP contribution in [0, 0.1) is 17.0 Å². The number of aryl methyl sites for hydroxylation is 1. The molecule has 0 fully saturated rings. The summed E-state index contributed by atoms with van der Waals surface area (Å²) in [7, 11) is -3.90. The van der Waals surface area contributed by atoms with Crippen molar-refractivity contribution in [2.75, 3.05) is 10.1 Å². The second-order valence-corrected chi connectivity index (χ2v) is 6.52. The number of anilines is 2. The number of nitrogens with one attached hydrogen (secondary N) is 2. The van der Waals surface area contributed by atoms with Gasteiger partial charge in [0.1, 0.15) is 5.69 Å². The molecule has 2 rings (SSSR count). The Kier molecular flexibility index (Phi) is 4.06. The van der Waals surface area contributed by atoms with E-state index in [4.69, 9.17) is 5.84 Å². The summed E-state index contributed by atoms with van der Waals surface area (Å²) in [6.07, 6.45) is 0. The Hall–Kier alpha value is -2.24. The summed E-state index contributed by atoms with van der Waals surface area (Å²) in [5.74, 6) is 5.18. The molecule has 1 aromatic heterocycles. The number of hydrogen-bond acceptors (Lipinski definition) is 8. The highest BCUT2D eigenvalue weighted by Crippen LogP contribution is 2.28. The molecule has 11 heteroatoms. The fourth-order valence-electron chi connectivity index (χ4n) is 1.53. The monoisotopic (exact) mass is 329 g/mol. The number of hydrazine groups is 1. The van der Waals surface area contributed by atoms with Crippen LogP contribution >= 0.6 is 11.3 Å². The normalized spacial score (nSPS) is 11.1. The lowest BCUT2D eigenvalue weighted by Gasteiger charge is -2.07. The van der Waals surface area contributed by atoms with Gasteiger partial charge in [-0.1, -0.05) is 0 Å². The van der Waals surface area contributed by atoms with E-state index in [0.717, 1.165) is 29.5 Å². The molecule has 21 heavy (non-hydrogen) atoms. The lowest BCUT2D eigenvalue weighted by molar-refractivity contribution is -0.384. The number of nitrogens with two attached hydrogens (primary N) is 1. The second kappa shape index (κ2) is 5.63. The van der Waals surface area contributed by atoms with Gasteiger partial charge in [0, 0.05) is 11.4 Å². The van der Waals surface area contributed by atoms with Gasteiger partial charge in [-0.25, -0.2) is 13.4 Å². The quantitative estimate of drug-likeness (QED) is 0.428. The van der Waals surface area contributed by atoms with E-state index in [1.54, 1.807) is 12.3 Å². The highest BCUT2D eigenvalue weighted by molar-refractivity contribution is 7.93. The van der Waals surface area contributed by atoms with Crippen molar-refractivity contribution in [1.82, 2.24) is 4.98 Å². The number of benzene rings is 1. The van der Waals surface area contributed by atoms with Crippen molar-refractivity contribution in [3.63, 3.8) is 0 Å². The first-order valence-electron chi connectivity index (χ1n) is 5.53. The van der Waals surface area contributed by atoms with Crippen molar-refractivity contribution in [3.8, 4) is 0 Å². The maximum atomic E-state index is 12.2. The van der Waals surface area contributed by atoms with Gasteiger partial charge in [0.2, 0.25) is 0 Å². The van der Waals surface area contributed by atoms with Crippen LogP contribution in [0.15, 0.2) is 28.5 Å². The lowest BCUT2D eigenvalue weighted by Crippen LogP contribution is -2.15. The van der Waals surface area contributed by atoms with E-state index in [1.165, 1.54) is 0 Å². The molecule has 112 valence electrons. The Balaban J connectivity index is 2.38. The average molecular weight is 329 g/mol. The molecule has 0 unspecified atom stereocenters. The van der Waals surface area contributed by atoms with Gasteiger partial charge in [0.05, 0.1) is 15.5 Å².